The molecule has 0 bridgehead atoms. The number of hydrogen-bond acceptors (Lipinski definition) is 6. The Morgan fingerprint density at radius 3 is 2.82 bits per heavy atom. The summed E-state index contributed by atoms with van der Waals surface area (Å²) in [6, 6.07) is 7.48. The van der Waals surface area contributed by atoms with Gasteiger partial charge in [0.2, 0.25) is 5.95 Å². The average Bonchev–Trinajstić information content (AvgIpc) is 2.36. The number of rotatable bonds is 5. The zero-order valence-electron chi connectivity index (χ0n) is 9.50. The Morgan fingerprint density at radius 2 is 2.06 bits per heavy atom. The number of aliphatic hydroxyl groups excluding tert-OH is 1. The zero-order valence-corrected chi connectivity index (χ0v) is 9.50. The topological polar surface area (TPSA) is 80.2 Å². The van der Waals surface area contributed by atoms with Gasteiger partial charge in [-0.05, 0) is 12.1 Å². The molecular weight excluding hydrogens is 220 g/mol. The van der Waals surface area contributed by atoms with Crippen LogP contribution in [0.15, 0.2) is 24.3 Å². The van der Waals surface area contributed by atoms with Gasteiger partial charge in [0.05, 0.1) is 18.2 Å². The van der Waals surface area contributed by atoms with Crippen molar-refractivity contribution in [3.63, 3.8) is 0 Å². The Balaban J connectivity index is 2.04. The molecule has 2 rings (SSSR count). The highest BCUT2D eigenvalue weighted by Gasteiger charge is 2.05. The highest BCUT2D eigenvalue weighted by molar-refractivity contribution is 5.73. The molecule has 6 heteroatoms. The molecule has 0 aliphatic rings. The summed E-state index contributed by atoms with van der Waals surface area (Å²) >= 11 is 0. The van der Waals surface area contributed by atoms with E-state index >= 15 is 0 Å². The quantitative estimate of drug-likeness (QED) is 0.781. The number of aliphatic hydroxyl groups is 1. The maximum atomic E-state index is 9.46. The van der Waals surface area contributed by atoms with Crippen LogP contribution in [0.25, 0.3) is 11.0 Å². The van der Waals surface area contributed by atoms with Gasteiger partial charge < -0.3 is 15.2 Å². The fourth-order valence-electron chi connectivity index (χ4n) is 1.42. The second-order valence-electron chi connectivity index (χ2n) is 3.61. The molecule has 0 saturated heterocycles. The SMILES string of the molecule is COCC(O)CNc1nnc2ccccc2n1. The molecule has 0 spiro atoms. The molecule has 2 aromatic rings. The van der Waals surface area contributed by atoms with E-state index in [4.69, 9.17) is 4.74 Å². The predicted octanol–water partition coefficient (Wildman–Crippen LogP) is 0.444. The van der Waals surface area contributed by atoms with Crippen LogP contribution in [0, 0.1) is 0 Å². The summed E-state index contributed by atoms with van der Waals surface area (Å²) < 4.78 is 4.82. The van der Waals surface area contributed by atoms with Crippen LogP contribution in [0.2, 0.25) is 0 Å². The zero-order chi connectivity index (χ0) is 12.1. The van der Waals surface area contributed by atoms with Gasteiger partial charge in [0, 0.05) is 13.7 Å². The van der Waals surface area contributed by atoms with Gasteiger partial charge in [-0.2, -0.15) is 0 Å². The summed E-state index contributed by atoms with van der Waals surface area (Å²) in [5.41, 5.74) is 1.52. The van der Waals surface area contributed by atoms with Crippen LogP contribution in [-0.2, 0) is 4.74 Å². The van der Waals surface area contributed by atoms with Crippen LogP contribution in [0.4, 0.5) is 5.95 Å². The summed E-state index contributed by atoms with van der Waals surface area (Å²) in [6.07, 6.45) is -0.588. The first-order chi connectivity index (χ1) is 8.29. The smallest absolute Gasteiger partial charge is 0.243 e. The van der Waals surface area contributed by atoms with Crippen LogP contribution < -0.4 is 5.32 Å². The van der Waals surface area contributed by atoms with E-state index in [9.17, 15) is 5.11 Å². The first kappa shape index (κ1) is 11.7. The van der Waals surface area contributed by atoms with E-state index in [-0.39, 0.29) is 6.61 Å². The van der Waals surface area contributed by atoms with Crippen molar-refractivity contribution in [2.75, 3.05) is 25.6 Å². The van der Waals surface area contributed by atoms with Gasteiger partial charge in [0.25, 0.3) is 0 Å². The van der Waals surface area contributed by atoms with Gasteiger partial charge >= 0.3 is 0 Å². The number of anilines is 1. The van der Waals surface area contributed by atoms with Crippen molar-refractivity contribution in [2.24, 2.45) is 0 Å². The average molecular weight is 234 g/mol. The van der Waals surface area contributed by atoms with Crippen molar-refractivity contribution in [1.29, 1.82) is 0 Å². The summed E-state index contributed by atoms with van der Waals surface area (Å²) in [4.78, 5) is 4.27. The molecule has 0 fully saturated rings. The van der Waals surface area contributed by atoms with Crippen molar-refractivity contribution >= 4 is 17.0 Å². The number of nitrogens with one attached hydrogen (secondary N) is 1. The lowest BCUT2D eigenvalue weighted by Gasteiger charge is -2.10. The second kappa shape index (κ2) is 5.51. The summed E-state index contributed by atoms with van der Waals surface area (Å²) in [5, 5.41) is 20.3. The van der Waals surface area contributed by atoms with Gasteiger partial charge in [-0.25, -0.2) is 4.98 Å². The molecule has 1 atom stereocenters. The number of benzene rings is 1. The number of para-hydroxylation sites is 1. The van der Waals surface area contributed by atoms with E-state index in [2.05, 4.69) is 20.5 Å². The van der Waals surface area contributed by atoms with E-state index in [1.54, 1.807) is 0 Å². The third-order valence-corrected chi connectivity index (χ3v) is 2.22. The van der Waals surface area contributed by atoms with Crippen LogP contribution in [0.1, 0.15) is 0 Å². The number of aromatic nitrogens is 3. The maximum Gasteiger partial charge on any atom is 0.243 e. The highest BCUT2D eigenvalue weighted by Crippen LogP contribution is 2.08. The van der Waals surface area contributed by atoms with Gasteiger partial charge in [-0.1, -0.05) is 12.1 Å². The molecular formula is C11H14N4O2. The lowest BCUT2D eigenvalue weighted by atomic mass is 10.3. The molecule has 0 aliphatic heterocycles. The molecule has 0 aliphatic carbocycles. The lowest BCUT2D eigenvalue weighted by molar-refractivity contribution is 0.0726. The van der Waals surface area contributed by atoms with Crippen molar-refractivity contribution < 1.29 is 9.84 Å². The molecule has 0 radical (unpaired) electrons. The van der Waals surface area contributed by atoms with E-state index in [0.717, 1.165) is 11.0 Å². The third-order valence-electron chi connectivity index (χ3n) is 2.22. The number of fused-ring (bicyclic) bond motifs is 1. The standard InChI is InChI=1S/C11H14N4O2/c1-17-7-8(16)6-12-11-13-9-4-2-3-5-10(9)14-15-11/h2-5,8,16H,6-7H2,1H3,(H,12,13,15). The Labute approximate surface area is 98.7 Å². The Kier molecular flexibility index (Phi) is 3.79. The third kappa shape index (κ3) is 3.08. The van der Waals surface area contributed by atoms with E-state index in [1.807, 2.05) is 24.3 Å². The van der Waals surface area contributed by atoms with E-state index in [0.29, 0.717) is 12.5 Å². The summed E-state index contributed by atoms with van der Waals surface area (Å²) in [6.45, 7) is 0.599. The van der Waals surface area contributed by atoms with Crippen LogP contribution in [0.3, 0.4) is 0 Å². The fraction of sp³-hybridized carbons (Fsp3) is 0.364. The Hall–Kier alpha value is -1.79. The van der Waals surface area contributed by atoms with Crippen molar-refractivity contribution in [3.8, 4) is 0 Å². The number of nitrogens with zero attached hydrogens (tertiary/aromatic N) is 3. The molecule has 6 nitrogen and oxygen atoms in total. The Bertz CT molecular complexity index is 492. The van der Waals surface area contributed by atoms with Crippen molar-refractivity contribution in [2.45, 2.75) is 6.10 Å². The second-order valence-corrected chi connectivity index (χ2v) is 3.61. The number of methoxy groups -OCH3 is 1. The molecule has 1 aromatic carbocycles. The van der Waals surface area contributed by atoms with Crippen molar-refractivity contribution in [3.05, 3.63) is 24.3 Å². The molecule has 2 N–H and O–H groups in total. The van der Waals surface area contributed by atoms with Gasteiger partial charge in [0.15, 0.2) is 0 Å². The number of ether oxygens (including phenoxy) is 1. The summed E-state index contributed by atoms with van der Waals surface area (Å²) in [5.74, 6) is 0.402. The first-order valence-electron chi connectivity index (χ1n) is 5.30. The maximum absolute atomic E-state index is 9.46. The van der Waals surface area contributed by atoms with Crippen LogP contribution in [-0.4, -0.2) is 46.7 Å². The number of hydrogen-bond donors (Lipinski definition) is 2. The molecule has 90 valence electrons. The van der Waals surface area contributed by atoms with Crippen LogP contribution in [0.5, 0.6) is 0 Å². The largest absolute Gasteiger partial charge is 0.389 e. The highest BCUT2D eigenvalue weighted by atomic mass is 16.5. The van der Waals surface area contributed by atoms with E-state index in [1.165, 1.54) is 7.11 Å². The van der Waals surface area contributed by atoms with Crippen molar-refractivity contribution in [1.82, 2.24) is 15.2 Å². The molecule has 1 unspecified atom stereocenters. The Morgan fingerprint density at radius 1 is 1.29 bits per heavy atom. The summed E-state index contributed by atoms with van der Waals surface area (Å²) in [7, 11) is 1.54. The monoisotopic (exact) mass is 234 g/mol. The van der Waals surface area contributed by atoms with Gasteiger partial charge in [-0.3, -0.25) is 0 Å². The molecule has 17 heavy (non-hydrogen) atoms. The molecule has 1 heterocycles. The normalized spacial score (nSPS) is 12.6. The lowest BCUT2D eigenvalue weighted by Crippen LogP contribution is -2.25. The predicted molar refractivity (Wildman–Crippen MR) is 63.7 cm³/mol. The molecule has 1 aromatic heterocycles. The molecule has 0 saturated carbocycles. The first-order valence-corrected chi connectivity index (χ1v) is 5.30. The minimum absolute atomic E-state index is 0.272. The van der Waals surface area contributed by atoms with Gasteiger partial charge in [-0.15, -0.1) is 10.2 Å². The van der Waals surface area contributed by atoms with Crippen LogP contribution >= 0.6 is 0 Å². The minimum atomic E-state index is -0.588. The molecule has 0 amide bonds. The fourth-order valence-corrected chi connectivity index (χ4v) is 1.42. The van der Waals surface area contributed by atoms with Gasteiger partial charge in [0.1, 0.15) is 5.52 Å². The van der Waals surface area contributed by atoms with E-state index < -0.39 is 6.10 Å². The minimum Gasteiger partial charge on any atom is -0.389 e.